The summed E-state index contributed by atoms with van der Waals surface area (Å²) in [6.45, 7) is 9.70. The SMILES string of the molecule is CC1(C)C2CCC(CNc3cc(Nc4ccc5ncsc5c4)nc(N4CCNCC4)n3)C1C2. The summed E-state index contributed by atoms with van der Waals surface area (Å²) >= 11 is 1.66. The maximum absolute atomic E-state index is 4.93. The summed E-state index contributed by atoms with van der Waals surface area (Å²) in [5, 5.41) is 10.6. The number of piperazine rings is 1. The molecule has 3 heterocycles. The molecule has 4 fully saturated rings. The van der Waals surface area contributed by atoms with E-state index in [-0.39, 0.29) is 0 Å². The largest absolute Gasteiger partial charge is 0.370 e. The van der Waals surface area contributed by atoms with E-state index in [4.69, 9.17) is 9.97 Å². The van der Waals surface area contributed by atoms with Gasteiger partial charge in [0.05, 0.1) is 15.7 Å². The Labute approximate surface area is 199 Å². The molecule has 2 bridgehead atoms. The Hall–Kier alpha value is -2.45. The number of anilines is 4. The Morgan fingerprint density at radius 3 is 2.79 bits per heavy atom. The van der Waals surface area contributed by atoms with Crippen LogP contribution in [0.4, 0.5) is 23.3 Å². The van der Waals surface area contributed by atoms with E-state index in [2.05, 4.69) is 63.9 Å². The van der Waals surface area contributed by atoms with Crippen molar-refractivity contribution in [2.75, 3.05) is 48.3 Å². The Morgan fingerprint density at radius 1 is 1.12 bits per heavy atom. The van der Waals surface area contributed by atoms with Gasteiger partial charge in [-0.25, -0.2) is 4.98 Å². The fourth-order valence-corrected chi connectivity index (χ4v) is 6.83. The smallest absolute Gasteiger partial charge is 0.229 e. The van der Waals surface area contributed by atoms with Gasteiger partial charge in [-0.1, -0.05) is 13.8 Å². The number of nitrogens with one attached hydrogen (secondary N) is 3. The lowest BCUT2D eigenvalue weighted by atomic mass is 9.45. The van der Waals surface area contributed by atoms with Gasteiger partial charge >= 0.3 is 0 Å². The molecule has 0 radical (unpaired) electrons. The van der Waals surface area contributed by atoms with Crippen molar-refractivity contribution in [3.8, 4) is 0 Å². The Kier molecular flexibility index (Phi) is 5.37. The highest BCUT2D eigenvalue weighted by atomic mass is 32.1. The van der Waals surface area contributed by atoms with Gasteiger partial charge < -0.3 is 20.9 Å². The molecule has 4 aliphatic rings. The lowest BCUT2D eigenvalue weighted by molar-refractivity contribution is -0.100. The molecule has 1 aromatic carbocycles. The van der Waals surface area contributed by atoms with Gasteiger partial charge in [0.15, 0.2) is 0 Å². The molecule has 3 N–H and O–H groups in total. The summed E-state index contributed by atoms with van der Waals surface area (Å²) in [5.41, 5.74) is 4.45. The minimum Gasteiger partial charge on any atom is -0.370 e. The van der Waals surface area contributed by atoms with Gasteiger partial charge in [0.2, 0.25) is 5.95 Å². The molecule has 1 aliphatic heterocycles. The van der Waals surface area contributed by atoms with Crippen molar-refractivity contribution in [1.82, 2.24) is 20.3 Å². The highest BCUT2D eigenvalue weighted by molar-refractivity contribution is 7.16. The quantitative estimate of drug-likeness (QED) is 0.488. The first-order valence-corrected chi connectivity index (χ1v) is 13.1. The van der Waals surface area contributed by atoms with Gasteiger partial charge in [0.25, 0.3) is 0 Å². The number of fused-ring (bicyclic) bond motifs is 3. The molecule has 3 aromatic rings. The predicted octanol–water partition coefficient (Wildman–Crippen LogP) is 4.72. The van der Waals surface area contributed by atoms with E-state index in [1.165, 1.54) is 24.0 Å². The lowest BCUT2D eigenvalue weighted by Crippen LogP contribution is -2.53. The van der Waals surface area contributed by atoms with Crippen molar-refractivity contribution in [3.63, 3.8) is 0 Å². The Balaban J connectivity index is 1.23. The third-order valence-corrected chi connectivity index (χ3v) is 9.06. The number of thiazole rings is 1. The molecule has 0 amide bonds. The second-order valence-corrected chi connectivity index (χ2v) is 11.3. The second-order valence-electron chi connectivity index (χ2n) is 10.4. The third kappa shape index (κ3) is 4.04. The fourth-order valence-electron chi connectivity index (χ4n) is 6.12. The summed E-state index contributed by atoms with van der Waals surface area (Å²) in [6.07, 6.45) is 4.11. The molecule has 0 spiro atoms. The van der Waals surface area contributed by atoms with E-state index in [9.17, 15) is 0 Å². The van der Waals surface area contributed by atoms with Crippen LogP contribution in [-0.2, 0) is 0 Å². The molecule has 3 atom stereocenters. The van der Waals surface area contributed by atoms with Gasteiger partial charge in [-0.3, -0.25) is 0 Å². The molecule has 3 aliphatic carbocycles. The summed E-state index contributed by atoms with van der Waals surface area (Å²) in [5.74, 6) is 5.05. The van der Waals surface area contributed by atoms with Crippen LogP contribution < -0.4 is 20.9 Å². The lowest BCUT2D eigenvalue weighted by Gasteiger charge is -2.60. The van der Waals surface area contributed by atoms with Gasteiger partial charge in [0.1, 0.15) is 11.6 Å². The van der Waals surface area contributed by atoms with Crippen molar-refractivity contribution in [3.05, 3.63) is 29.8 Å². The Morgan fingerprint density at radius 2 is 1.97 bits per heavy atom. The zero-order valence-electron chi connectivity index (χ0n) is 19.5. The number of hydrogen-bond acceptors (Lipinski definition) is 8. The van der Waals surface area contributed by atoms with E-state index in [0.29, 0.717) is 5.41 Å². The van der Waals surface area contributed by atoms with Crippen LogP contribution >= 0.6 is 11.3 Å². The molecule has 3 saturated carbocycles. The molecule has 8 heteroatoms. The van der Waals surface area contributed by atoms with Crippen LogP contribution in [0.2, 0.25) is 0 Å². The molecule has 7 nitrogen and oxygen atoms in total. The summed E-state index contributed by atoms with van der Waals surface area (Å²) < 4.78 is 1.17. The first-order chi connectivity index (χ1) is 16.1. The van der Waals surface area contributed by atoms with Crippen LogP contribution in [0.15, 0.2) is 29.8 Å². The summed E-state index contributed by atoms with van der Waals surface area (Å²) in [4.78, 5) is 16.5. The average molecular weight is 464 g/mol. The van der Waals surface area contributed by atoms with Crippen molar-refractivity contribution in [2.24, 2.45) is 23.2 Å². The average Bonchev–Trinajstić information content (AvgIpc) is 3.31. The maximum Gasteiger partial charge on any atom is 0.229 e. The van der Waals surface area contributed by atoms with Crippen molar-refractivity contribution in [2.45, 2.75) is 33.1 Å². The molecule has 2 aromatic heterocycles. The topological polar surface area (TPSA) is 78.0 Å². The normalized spacial score (nSPS) is 26.1. The van der Waals surface area contributed by atoms with E-state index < -0.39 is 0 Å². The number of rotatable bonds is 6. The van der Waals surface area contributed by atoms with Crippen LogP contribution in [-0.4, -0.2) is 47.7 Å². The first kappa shape index (κ1) is 21.1. The van der Waals surface area contributed by atoms with Gasteiger partial charge in [-0.2, -0.15) is 9.97 Å². The van der Waals surface area contributed by atoms with Crippen LogP contribution in [0, 0.1) is 23.2 Å². The maximum atomic E-state index is 4.93. The monoisotopic (exact) mass is 463 g/mol. The number of benzene rings is 1. The van der Waals surface area contributed by atoms with Crippen molar-refractivity contribution >= 4 is 44.8 Å². The standard InChI is InChI=1S/C25H33N7S/c1-25(2)17-4-3-16(19(25)11-17)14-27-22-13-23(31-24(30-22)32-9-7-26-8-10-32)29-18-5-6-20-21(12-18)33-15-28-20/h5-6,12-13,15-17,19,26H,3-4,7-11,14H2,1-2H3,(H2,27,29,30,31). The van der Waals surface area contributed by atoms with E-state index in [0.717, 1.165) is 79.3 Å². The fraction of sp³-hybridized carbons (Fsp3) is 0.560. The zero-order chi connectivity index (χ0) is 22.4. The molecule has 33 heavy (non-hydrogen) atoms. The minimum atomic E-state index is 0.504. The number of nitrogens with zero attached hydrogens (tertiary/aromatic N) is 4. The zero-order valence-corrected chi connectivity index (χ0v) is 20.3. The third-order valence-electron chi connectivity index (χ3n) is 8.26. The molecular weight excluding hydrogens is 430 g/mol. The van der Waals surface area contributed by atoms with E-state index in [1.807, 2.05) is 5.51 Å². The first-order valence-electron chi connectivity index (χ1n) is 12.3. The summed E-state index contributed by atoms with van der Waals surface area (Å²) in [6, 6.07) is 8.32. The van der Waals surface area contributed by atoms with E-state index >= 15 is 0 Å². The van der Waals surface area contributed by atoms with E-state index in [1.54, 1.807) is 11.3 Å². The number of hydrogen-bond donors (Lipinski definition) is 3. The Bertz CT molecular complexity index is 1130. The minimum absolute atomic E-state index is 0.504. The second kappa shape index (κ2) is 8.40. The molecule has 7 rings (SSSR count). The predicted molar refractivity (Wildman–Crippen MR) is 137 cm³/mol. The van der Waals surface area contributed by atoms with Crippen LogP contribution in [0.1, 0.15) is 33.1 Å². The number of aromatic nitrogens is 3. The van der Waals surface area contributed by atoms with Gasteiger partial charge in [0, 0.05) is 44.5 Å². The van der Waals surface area contributed by atoms with Gasteiger partial charge in [-0.15, -0.1) is 11.3 Å². The summed E-state index contributed by atoms with van der Waals surface area (Å²) in [7, 11) is 0. The molecule has 1 saturated heterocycles. The van der Waals surface area contributed by atoms with Gasteiger partial charge in [-0.05, 0) is 60.6 Å². The highest BCUT2D eigenvalue weighted by Crippen LogP contribution is 2.61. The van der Waals surface area contributed by atoms with Crippen molar-refractivity contribution in [1.29, 1.82) is 0 Å². The molecular formula is C25H33N7S. The van der Waals surface area contributed by atoms with Crippen molar-refractivity contribution < 1.29 is 0 Å². The van der Waals surface area contributed by atoms with Crippen LogP contribution in [0.25, 0.3) is 10.2 Å². The molecule has 174 valence electrons. The van der Waals surface area contributed by atoms with Crippen LogP contribution in [0.3, 0.4) is 0 Å². The van der Waals surface area contributed by atoms with Crippen LogP contribution in [0.5, 0.6) is 0 Å². The molecule has 3 unspecified atom stereocenters. The highest BCUT2D eigenvalue weighted by Gasteiger charge is 2.53.